The van der Waals surface area contributed by atoms with Crippen LogP contribution in [0, 0.1) is 0 Å². The zero-order chi connectivity index (χ0) is 29.3. The number of unbranched alkanes of at least 4 members (excludes halogenated alkanes) is 16. The summed E-state index contributed by atoms with van der Waals surface area (Å²) in [7, 11) is 4.09. The Balaban J connectivity index is -0.000000605. The van der Waals surface area contributed by atoms with Crippen molar-refractivity contribution >= 4 is 68.2 Å². The van der Waals surface area contributed by atoms with Gasteiger partial charge in [-0.05, 0) is 25.7 Å². The molecule has 0 rings (SSSR count). The van der Waals surface area contributed by atoms with E-state index in [9.17, 15) is 0 Å². The summed E-state index contributed by atoms with van der Waals surface area (Å²) in [5.41, 5.74) is 0. The van der Waals surface area contributed by atoms with E-state index in [-0.39, 0.29) is 0 Å². The first kappa shape index (κ1) is 43.6. The summed E-state index contributed by atoms with van der Waals surface area (Å²) < 4.78 is 1.34. The van der Waals surface area contributed by atoms with Gasteiger partial charge in [-0.25, -0.2) is 0 Å². The third-order valence-corrected chi connectivity index (χ3v) is 7.68. The summed E-state index contributed by atoms with van der Waals surface area (Å²) in [4.78, 5) is 4.45. The van der Waals surface area contributed by atoms with Gasteiger partial charge < -0.3 is 59.5 Å². The van der Waals surface area contributed by atoms with Crippen molar-refractivity contribution in [1.29, 1.82) is 0 Å². The predicted molar refractivity (Wildman–Crippen MR) is 186 cm³/mol. The van der Waals surface area contributed by atoms with Crippen LogP contribution in [-0.4, -0.2) is 44.6 Å². The van der Waals surface area contributed by atoms with Crippen molar-refractivity contribution in [2.24, 2.45) is 0 Å². The third kappa shape index (κ3) is 35.2. The van der Waals surface area contributed by atoms with E-state index in [1.165, 1.54) is 146 Å². The topological polar surface area (TPSA) is 6.48 Å². The van der Waals surface area contributed by atoms with Crippen molar-refractivity contribution in [2.75, 3.05) is 26.2 Å². The van der Waals surface area contributed by atoms with Crippen LogP contribution >= 0.6 is 34.3 Å². The van der Waals surface area contributed by atoms with Crippen LogP contribution in [-0.2, 0) is 43.3 Å². The first-order valence-electron chi connectivity index (χ1n) is 15.5. The van der Waals surface area contributed by atoms with Crippen molar-refractivity contribution in [2.45, 2.75) is 156 Å². The Kier molecular flexibility index (Phi) is 43.7. The van der Waals surface area contributed by atoms with E-state index in [1.807, 2.05) is 0 Å². The average Bonchev–Trinajstić information content (AvgIpc) is 2.91. The standard InChI is InChI=1S/2C15H31NS2.Mo.S/c2*1-3-5-7-9-11-13-16(15(17)18)14-12-10-8-6-4-2;;/h2*3-14H2,1-2H3,(H,17,18);;/q;;+2;/p-2. The van der Waals surface area contributed by atoms with Gasteiger partial charge in [0.25, 0.3) is 0 Å². The molecule has 0 atom stereocenters. The third-order valence-electron chi connectivity index (χ3n) is 6.64. The Hall–Kier alpha value is 1.13. The molecule has 0 aliphatic carbocycles. The van der Waals surface area contributed by atoms with Gasteiger partial charge in [-0.2, -0.15) is 0 Å². The molecule has 0 aromatic carbocycles. The van der Waals surface area contributed by atoms with Crippen molar-refractivity contribution in [3.63, 3.8) is 0 Å². The summed E-state index contributed by atoms with van der Waals surface area (Å²) >= 11 is 22.2. The van der Waals surface area contributed by atoms with Crippen LogP contribution in [0.1, 0.15) is 156 Å². The first-order valence-corrected chi connectivity index (χ1v) is 19.9. The molecule has 0 heterocycles. The Morgan fingerprint density at radius 2 is 0.605 bits per heavy atom. The van der Waals surface area contributed by atoms with E-state index in [2.05, 4.69) is 47.3 Å². The summed E-state index contributed by atoms with van der Waals surface area (Å²) in [6, 6.07) is 0. The number of hydrogen-bond donors (Lipinski definition) is 0. The molecule has 0 unspecified atom stereocenters. The van der Waals surface area contributed by atoms with Crippen LogP contribution in [0.5, 0.6) is 0 Å². The Bertz CT molecular complexity index is 427. The maximum absolute atomic E-state index is 5.16. The molecule has 0 aliphatic rings. The minimum atomic E-state index is 0.668. The van der Waals surface area contributed by atoms with E-state index in [1.54, 1.807) is 0 Å². The SMILES string of the molecule is CCCCCCCN(CCCCCCC)C(=S)[S-].CCCCCCCN(CCCCCCC)C(=S)[S-].[S]=[Mo+2]. The van der Waals surface area contributed by atoms with Crippen LogP contribution in [0.25, 0.3) is 0 Å². The summed E-state index contributed by atoms with van der Waals surface area (Å²) in [5, 5.41) is 0. The van der Waals surface area contributed by atoms with Crippen LogP contribution in [0.3, 0.4) is 0 Å². The molecule has 0 radical (unpaired) electrons. The van der Waals surface area contributed by atoms with E-state index in [4.69, 9.17) is 49.7 Å². The summed E-state index contributed by atoms with van der Waals surface area (Å²) in [6.07, 6.45) is 26.3. The second-order valence-electron chi connectivity index (χ2n) is 10.2. The van der Waals surface area contributed by atoms with E-state index >= 15 is 0 Å². The summed E-state index contributed by atoms with van der Waals surface area (Å²) in [5.74, 6) is 0. The Morgan fingerprint density at radius 1 is 0.421 bits per heavy atom. The van der Waals surface area contributed by atoms with E-state index < -0.39 is 0 Å². The van der Waals surface area contributed by atoms with Crippen LogP contribution in [0.4, 0.5) is 0 Å². The van der Waals surface area contributed by atoms with Gasteiger partial charge in [0.15, 0.2) is 0 Å². The molecule has 0 N–H and O–H groups in total. The molecule has 0 spiro atoms. The normalized spacial score (nSPS) is 10.1. The molecule has 0 aromatic rings. The van der Waals surface area contributed by atoms with Gasteiger partial charge in [-0.15, -0.1) is 0 Å². The van der Waals surface area contributed by atoms with Crippen LogP contribution in [0.15, 0.2) is 0 Å². The zero-order valence-corrected chi connectivity index (χ0v) is 31.4. The number of rotatable bonds is 24. The van der Waals surface area contributed by atoms with Gasteiger partial charge in [0.1, 0.15) is 0 Å². The van der Waals surface area contributed by atoms with Crippen molar-refractivity contribution in [3.8, 4) is 0 Å². The fourth-order valence-electron chi connectivity index (χ4n) is 4.21. The minimum absolute atomic E-state index is 0.668. The molecule has 0 aliphatic heterocycles. The molecule has 38 heavy (non-hydrogen) atoms. The molecule has 0 bridgehead atoms. The number of thiocarbonyl (C=S) groups is 2. The number of nitrogens with zero attached hydrogens (tertiary/aromatic N) is 2. The molecule has 0 saturated heterocycles. The van der Waals surface area contributed by atoms with Gasteiger partial charge in [0, 0.05) is 26.2 Å². The molecule has 2 nitrogen and oxygen atoms in total. The number of hydrogen-bond acceptors (Lipinski definition) is 5. The van der Waals surface area contributed by atoms with Crippen LogP contribution in [0.2, 0.25) is 0 Å². The summed E-state index contributed by atoms with van der Waals surface area (Å²) in [6.45, 7) is 13.3. The van der Waals surface area contributed by atoms with Gasteiger partial charge >= 0.3 is 27.8 Å². The molecule has 226 valence electrons. The Morgan fingerprint density at radius 3 is 0.763 bits per heavy atom. The Labute approximate surface area is 276 Å². The molecule has 0 saturated carbocycles. The molecule has 0 fully saturated rings. The molecule has 0 aromatic heterocycles. The van der Waals surface area contributed by atoms with Crippen LogP contribution < -0.4 is 0 Å². The van der Waals surface area contributed by atoms with Crippen molar-refractivity contribution < 1.29 is 18.0 Å². The van der Waals surface area contributed by atoms with Gasteiger partial charge in [-0.1, -0.05) is 139 Å². The van der Waals surface area contributed by atoms with E-state index in [0.717, 1.165) is 26.2 Å². The molecular formula is C30H60MoN2S5. The molecule has 0 amide bonds. The quantitative estimate of drug-likeness (QED) is 0.0422. The van der Waals surface area contributed by atoms with Crippen molar-refractivity contribution in [1.82, 2.24) is 9.80 Å². The predicted octanol–water partition coefficient (Wildman–Crippen LogP) is 10.8. The fraction of sp³-hybridized carbons (Fsp3) is 0.933. The molecule has 8 heteroatoms. The average molecular weight is 705 g/mol. The van der Waals surface area contributed by atoms with Gasteiger partial charge in [0.05, 0.1) is 0 Å². The van der Waals surface area contributed by atoms with E-state index in [0.29, 0.717) is 8.64 Å². The maximum atomic E-state index is 5.16. The zero-order valence-electron chi connectivity index (χ0n) is 25.3. The van der Waals surface area contributed by atoms with Gasteiger partial charge in [0.2, 0.25) is 0 Å². The monoisotopic (exact) mass is 706 g/mol. The fourth-order valence-corrected chi connectivity index (χ4v) is 4.94. The second-order valence-corrected chi connectivity index (χ2v) is 12.2. The first-order chi connectivity index (χ1) is 18.4. The second kappa shape index (κ2) is 38.1. The van der Waals surface area contributed by atoms with Crippen molar-refractivity contribution in [3.05, 3.63) is 0 Å². The molecular weight excluding hydrogens is 645 g/mol. The van der Waals surface area contributed by atoms with Gasteiger partial charge in [-0.3, -0.25) is 0 Å².